The summed E-state index contributed by atoms with van der Waals surface area (Å²) in [7, 11) is 0. The van der Waals surface area contributed by atoms with Gasteiger partial charge in [-0.2, -0.15) is 0 Å². The van der Waals surface area contributed by atoms with Crippen LogP contribution in [-0.4, -0.2) is 5.78 Å². The first kappa shape index (κ1) is 8.42. The van der Waals surface area contributed by atoms with Crippen LogP contribution in [0.2, 0.25) is 0 Å². The molecule has 0 spiro atoms. The highest BCUT2D eigenvalue weighted by molar-refractivity contribution is 6.12. The molecule has 0 bridgehead atoms. The summed E-state index contributed by atoms with van der Waals surface area (Å²) in [6, 6.07) is 15.7. The molecule has 0 unspecified atom stereocenters. The van der Waals surface area contributed by atoms with Gasteiger partial charge in [-0.05, 0) is 17.5 Å². The van der Waals surface area contributed by atoms with E-state index in [2.05, 4.69) is 0 Å². The Morgan fingerprint density at radius 2 is 1.27 bits per heavy atom. The lowest BCUT2D eigenvalue weighted by molar-refractivity contribution is 0.103. The fourth-order valence-electron chi connectivity index (χ4n) is 2.14. The molecule has 3 rings (SSSR count). The zero-order chi connectivity index (χ0) is 10.3. The lowest BCUT2D eigenvalue weighted by Crippen LogP contribution is -2.14. The molecule has 74 valence electrons. The van der Waals surface area contributed by atoms with Crippen molar-refractivity contribution < 1.29 is 6.22 Å². The third kappa shape index (κ3) is 1.20. The van der Waals surface area contributed by atoms with Gasteiger partial charge in [0.1, 0.15) is 0 Å². The zero-order valence-corrected chi connectivity index (χ0v) is 8.23. The van der Waals surface area contributed by atoms with Crippen LogP contribution >= 0.6 is 0 Å². The molecule has 0 aromatic heterocycles. The standard InChI is InChI=1S/C14H10O.H2/c15-14-12-7-3-1-5-10(12)9-11-6-2-4-8-13(11)14;/h1-8H,9H2;1H. The average molecular weight is 196 g/mol. The van der Waals surface area contributed by atoms with Crippen LogP contribution in [0.5, 0.6) is 0 Å². The van der Waals surface area contributed by atoms with E-state index in [1.807, 2.05) is 48.5 Å². The second-order valence-electron chi connectivity index (χ2n) is 3.82. The van der Waals surface area contributed by atoms with E-state index in [1.54, 1.807) is 0 Å². The van der Waals surface area contributed by atoms with Crippen molar-refractivity contribution in [1.82, 2.24) is 0 Å². The zero-order valence-electron chi connectivity index (χ0n) is 8.23. The molecule has 1 aliphatic rings. The summed E-state index contributed by atoms with van der Waals surface area (Å²) in [5, 5.41) is 0. The van der Waals surface area contributed by atoms with Crippen LogP contribution in [-0.2, 0) is 6.42 Å². The van der Waals surface area contributed by atoms with E-state index in [9.17, 15) is 4.79 Å². The fraction of sp³-hybridized carbons (Fsp3) is 0.0714. The van der Waals surface area contributed by atoms with E-state index in [4.69, 9.17) is 0 Å². The Labute approximate surface area is 89.9 Å². The Morgan fingerprint density at radius 1 is 0.800 bits per heavy atom. The highest BCUT2D eigenvalue weighted by Crippen LogP contribution is 2.26. The predicted molar refractivity (Wildman–Crippen MR) is 61.2 cm³/mol. The van der Waals surface area contributed by atoms with Crippen LogP contribution in [0.1, 0.15) is 28.5 Å². The predicted octanol–water partition coefficient (Wildman–Crippen LogP) is 3.07. The first-order chi connectivity index (χ1) is 7.36. The molecular formula is C14H12O. The molecule has 0 heterocycles. The molecule has 0 fully saturated rings. The van der Waals surface area contributed by atoms with Gasteiger partial charge in [0.05, 0.1) is 0 Å². The van der Waals surface area contributed by atoms with Gasteiger partial charge in [-0.15, -0.1) is 0 Å². The monoisotopic (exact) mass is 196 g/mol. The van der Waals surface area contributed by atoms with Crippen LogP contribution < -0.4 is 0 Å². The maximum absolute atomic E-state index is 12.1. The van der Waals surface area contributed by atoms with Crippen LogP contribution in [0.25, 0.3) is 0 Å². The number of rotatable bonds is 0. The molecule has 2 aromatic carbocycles. The van der Waals surface area contributed by atoms with E-state index in [1.165, 1.54) is 0 Å². The number of fused-ring (bicyclic) bond motifs is 2. The Hall–Kier alpha value is -1.89. The van der Waals surface area contributed by atoms with Crippen LogP contribution in [0.3, 0.4) is 0 Å². The van der Waals surface area contributed by atoms with Crippen molar-refractivity contribution in [3.63, 3.8) is 0 Å². The lowest BCUT2D eigenvalue weighted by Gasteiger charge is -2.17. The highest BCUT2D eigenvalue weighted by Gasteiger charge is 2.21. The van der Waals surface area contributed by atoms with Crippen LogP contribution in [0.4, 0.5) is 0 Å². The molecule has 0 radical (unpaired) electrons. The SMILES string of the molecule is O=C1c2ccccc2Cc2ccccc21.[HH]. The summed E-state index contributed by atoms with van der Waals surface area (Å²) >= 11 is 0. The number of benzene rings is 2. The molecule has 0 saturated carbocycles. The van der Waals surface area contributed by atoms with Crippen LogP contribution in [0, 0.1) is 0 Å². The van der Waals surface area contributed by atoms with Gasteiger partial charge in [0.15, 0.2) is 5.78 Å². The minimum Gasteiger partial charge on any atom is -0.289 e. The Bertz CT molecular complexity index is 498. The quantitative estimate of drug-likeness (QED) is 0.540. The molecule has 0 N–H and O–H groups in total. The number of hydrogen-bond acceptors (Lipinski definition) is 1. The summed E-state index contributed by atoms with van der Waals surface area (Å²) in [5.74, 6) is 0.160. The molecule has 1 heteroatoms. The largest absolute Gasteiger partial charge is 0.289 e. The molecular weight excluding hydrogens is 184 g/mol. The maximum Gasteiger partial charge on any atom is 0.193 e. The summed E-state index contributed by atoms with van der Waals surface area (Å²) in [4.78, 5) is 12.1. The second-order valence-corrected chi connectivity index (χ2v) is 3.82. The first-order valence-corrected chi connectivity index (χ1v) is 5.07. The van der Waals surface area contributed by atoms with Gasteiger partial charge in [-0.1, -0.05) is 48.5 Å². The van der Waals surface area contributed by atoms with Gasteiger partial charge in [0.2, 0.25) is 0 Å². The van der Waals surface area contributed by atoms with E-state index in [0.717, 1.165) is 28.7 Å². The van der Waals surface area contributed by atoms with Gasteiger partial charge >= 0.3 is 0 Å². The molecule has 0 aliphatic heterocycles. The minimum atomic E-state index is 0. The summed E-state index contributed by atoms with van der Waals surface area (Å²) in [6.45, 7) is 0. The molecule has 0 saturated heterocycles. The van der Waals surface area contributed by atoms with E-state index in [-0.39, 0.29) is 7.21 Å². The molecule has 15 heavy (non-hydrogen) atoms. The molecule has 2 aromatic rings. The molecule has 0 amide bonds. The van der Waals surface area contributed by atoms with Gasteiger partial charge in [-0.3, -0.25) is 4.79 Å². The van der Waals surface area contributed by atoms with Crippen molar-refractivity contribution >= 4 is 5.78 Å². The summed E-state index contributed by atoms with van der Waals surface area (Å²) in [5.41, 5.74) is 4.00. The van der Waals surface area contributed by atoms with Gasteiger partial charge in [0.25, 0.3) is 0 Å². The summed E-state index contributed by atoms with van der Waals surface area (Å²) in [6.07, 6.45) is 0.873. The van der Waals surface area contributed by atoms with Crippen molar-refractivity contribution in [2.45, 2.75) is 6.42 Å². The normalized spacial score (nSPS) is 13.2. The molecule has 1 aliphatic carbocycles. The Kier molecular flexibility index (Phi) is 1.72. The van der Waals surface area contributed by atoms with Crippen molar-refractivity contribution in [2.24, 2.45) is 0 Å². The smallest absolute Gasteiger partial charge is 0.193 e. The van der Waals surface area contributed by atoms with Gasteiger partial charge in [0, 0.05) is 12.6 Å². The van der Waals surface area contributed by atoms with E-state index < -0.39 is 0 Å². The highest BCUT2D eigenvalue weighted by atomic mass is 16.1. The minimum absolute atomic E-state index is 0. The second kappa shape index (κ2) is 3.06. The first-order valence-electron chi connectivity index (χ1n) is 5.07. The Balaban J connectivity index is 0.000000963. The summed E-state index contributed by atoms with van der Waals surface area (Å²) < 4.78 is 0. The number of carbonyl (C=O) groups is 1. The topological polar surface area (TPSA) is 17.1 Å². The van der Waals surface area contributed by atoms with E-state index >= 15 is 0 Å². The lowest BCUT2D eigenvalue weighted by atomic mass is 9.85. The van der Waals surface area contributed by atoms with Crippen molar-refractivity contribution in [3.05, 3.63) is 70.8 Å². The molecule has 1 nitrogen and oxygen atoms in total. The van der Waals surface area contributed by atoms with Crippen molar-refractivity contribution in [2.75, 3.05) is 0 Å². The maximum atomic E-state index is 12.1. The fourth-order valence-corrected chi connectivity index (χ4v) is 2.14. The van der Waals surface area contributed by atoms with Crippen LogP contribution in [0.15, 0.2) is 48.5 Å². The average Bonchev–Trinajstić information content (AvgIpc) is 2.30. The molecule has 0 atom stereocenters. The van der Waals surface area contributed by atoms with Crippen molar-refractivity contribution in [1.29, 1.82) is 0 Å². The van der Waals surface area contributed by atoms with E-state index in [0.29, 0.717) is 0 Å². The third-order valence-electron chi connectivity index (χ3n) is 2.90. The number of hydrogen-bond donors (Lipinski definition) is 0. The number of ketones is 1. The van der Waals surface area contributed by atoms with Gasteiger partial charge in [-0.25, -0.2) is 0 Å². The Morgan fingerprint density at radius 3 is 1.80 bits per heavy atom. The van der Waals surface area contributed by atoms with Crippen molar-refractivity contribution in [3.8, 4) is 0 Å². The third-order valence-corrected chi connectivity index (χ3v) is 2.90. The number of carbonyl (C=O) groups excluding carboxylic acids is 1. The van der Waals surface area contributed by atoms with Gasteiger partial charge < -0.3 is 0 Å².